The number of thioether (sulfide) groups is 1. The third kappa shape index (κ3) is 7.34. The summed E-state index contributed by atoms with van der Waals surface area (Å²) in [7, 11) is 5.03. The van der Waals surface area contributed by atoms with Gasteiger partial charge >= 0.3 is 12.1 Å². The molecule has 0 radical (unpaired) electrons. The van der Waals surface area contributed by atoms with Crippen LogP contribution >= 0.6 is 11.8 Å². The number of carbonyl (C=O) groups is 3. The molecule has 340 valence electrons. The molecule has 0 aromatic heterocycles. The number of piperazine rings is 1. The lowest BCUT2D eigenvalue weighted by atomic mass is 9.65. The van der Waals surface area contributed by atoms with Crippen LogP contribution in [0.3, 0.4) is 0 Å². The molecule has 15 nitrogen and oxygen atoms in total. The Kier molecular flexibility index (Phi) is 12.2. The van der Waals surface area contributed by atoms with E-state index in [0.29, 0.717) is 23.7 Å². The number of aliphatic hydroxyl groups is 1. The van der Waals surface area contributed by atoms with E-state index in [1.54, 1.807) is 14.0 Å². The molecule has 2 N–H and O–H groups in total. The van der Waals surface area contributed by atoms with E-state index in [2.05, 4.69) is 47.1 Å². The van der Waals surface area contributed by atoms with Crippen LogP contribution in [0.4, 0.5) is 4.79 Å². The van der Waals surface area contributed by atoms with Crippen LogP contribution in [0.5, 0.6) is 11.5 Å². The summed E-state index contributed by atoms with van der Waals surface area (Å²) in [6, 6.07) is 16.5. The van der Waals surface area contributed by atoms with Gasteiger partial charge < -0.3 is 43.6 Å². The highest BCUT2D eigenvalue weighted by Gasteiger charge is 2.64. The normalized spacial score (nSPS) is 25.6. The lowest BCUT2D eigenvalue weighted by molar-refractivity contribution is -0.159. The number of aryl methyl sites for hydroxylation is 1. The molecule has 0 spiro atoms. The number of ketones is 1. The molecule has 1 amide bonds. The summed E-state index contributed by atoms with van der Waals surface area (Å²) >= 11 is 1.49. The van der Waals surface area contributed by atoms with E-state index in [-0.39, 0.29) is 67.0 Å². The van der Waals surface area contributed by atoms with Crippen molar-refractivity contribution in [1.82, 2.24) is 15.1 Å². The maximum absolute atomic E-state index is 14.6. The minimum atomic E-state index is -2.14. The van der Waals surface area contributed by atoms with Gasteiger partial charge in [-0.1, -0.05) is 67.3 Å². The number of nitrogens with zero attached hydrogens (tertiary/aromatic N) is 3. The number of esters is 1. The standard InChI is InChI=1S/C49H52N4O11S/c1-7-16-60-48(56)51-34(23-65-22-33-31-14-10-8-12-29(31)30-13-9-11-15-32(30)33)47(55)61-21-38-40-45-43(63-25-64-45)27(3)46(54)49(40,57)19-36-41-39-28(18-35(52(41)4)37(20-50)53(36)38)17-26(2)42(59-6)44(39)62-24-58-5/h7-15,17,33-38,41,57H,1,16,18-19,21-25H2,2-6H3,(H,51,56)/t34-,35+,36+,37-,38+,41+,49-/m1/s1. The molecule has 16 heteroatoms. The number of alkyl carbamates (subject to hydrolysis) is 1. The highest BCUT2D eigenvalue weighted by Crippen LogP contribution is 2.57. The first kappa shape index (κ1) is 44.4. The first-order valence-electron chi connectivity index (χ1n) is 21.6. The van der Waals surface area contributed by atoms with Gasteiger partial charge in [-0.3, -0.25) is 14.6 Å². The summed E-state index contributed by atoms with van der Waals surface area (Å²) in [4.78, 5) is 46.2. The number of nitrogens with one attached hydrogen (secondary N) is 1. The summed E-state index contributed by atoms with van der Waals surface area (Å²) in [5, 5.41) is 26.8. The number of amides is 1. The SMILES string of the molecule is C=CCOC(=O)N[C@H](CSCC1c2ccccc2-c2ccccc21)C(=O)OC[C@H]1C2=C3OCOC3=C(C)C(=O)[C@@]2(O)C[C@H]2[C@H]3c4c(cc(C)c(OC)c4OCOC)C[C@@H]([C@@H](C#N)N12)N3C. The average molecular weight is 905 g/mol. The Labute approximate surface area is 381 Å². The van der Waals surface area contributed by atoms with E-state index in [9.17, 15) is 24.8 Å². The average Bonchev–Trinajstić information content (AvgIpc) is 3.92. The molecule has 65 heavy (non-hydrogen) atoms. The smallest absolute Gasteiger partial charge is 0.408 e. The second-order valence-electron chi connectivity index (χ2n) is 17.1. The van der Waals surface area contributed by atoms with Crippen LogP contribution in [0, 0.1) is 18.3 Å². The zero-order chi connectivity index (χ0) is 45.7. The third-order valence-corrected chi connectivity index (χ3v) is 14.8. The van der Waals surface area contributed by atoms with Gasteiger partial charge in [0.1, 0.15) is 25.3 Å². The van der Waals surface area contributed by atoms with Gasteiger partial charge in [-0.25, -0.2) is 9.59 Å². The van der Waals surface area contributed by atoms with Crippen molar-refractivity contribution in [3.8, 4) is 28.7 Å². The maximum Gasteiger partial charge on any atom is 0.408 e. The number of methoxy groups -OCH3 is 2. The van der Waals surface area contributed by atoms with Gasteiger partial charge in [-0.15, -0.1) is 0 Å². The fourth-order valence-corrected chi connectivity index (χ4v) is 12.2. The molecule has 0 saturated carbocycles. The van der Waals surface area contributed by atoms with Gasteiger partial charge in [-0.05, 0) is 60.7 Å². The zero-order valence-electron chi connectivity index (χ0n) is 37.0. The minimum Gasteiger partial charge on any atom is -0.493 e. The molecule has 7 atom stereocenters. The molecule has 9 rings (SSSR count). The van der Waals surface area contributed by atoms with E-state index in [4.69, 9.17) is 33.2 Å². The number of hydrogen-bond donors (Lipinski definition) is 2. The Morgan fingerprint density at radius 3 is 2.45 bits per heavy atom. The quantitative estimate of drug-likeness (QED) is 0.119. The number of likely N-dealkylation sites (N-methyl/N-ethyl adjacent to an activating group) is 1. The summed E-state index contributed by atoms with van der Waals surface area (Å²) in [6.07, 6.45) is 0.921. The fourth-order valence-electron chi connectivity index (χ4n) is 11.0. The summed E-state index contributed by atoms with van der Waals surface area (Å²) < 4.78 is 40.9. The largest absolute Gasteiger partial charge is 0.493 e. The van der Waals surface area contributed by atoms with Crippen LogP contribution in [0.25, 0.3) is 11.1 Å². The Hall–Kier alpha value is -5.83. The molecule has 6 aliphatic rings. The first-order valence-corrected chi connectivity index (χ1v) is 22.8. The predicted octanol–water partition coefficient (Wildman–Crippen LogP) is 5.45. The van der Waals surface area contributed by atoms with Gasteiger partial charge in [-0.2, -0.15) is 17.0 Å². The second-order valence-corrected chi connectivity index (χ2v) is 18.2. The lowest BCUT2D eigenvalue weighted by Gasteiger charge is -2.62. The van der Waals surface area contributed by atoms with Crippen LogP contribution in [0.15, 0.2) is 89.9 Å². The fraction of sp³-hybridized carbons (Fsp3) is 0.429. The number of piperidine rings is 1. The van der Waals surface area contributed by atoms with Crippen LogP contribution in [0.1, 0.15) is 53.1 Å². The lowest BCUT2D eigenvalue weighted by Crippen LogP contribution is -2.74. The summed E-state index contributed by atoms with van der Waals surface area (Å²) in [6.45, 7) is 6.39. The third-order valence-electron chi connectivity index (χ3n) is 13.7. The molecule has 3 aromatic carbocycles. The molecule has 4 aliphatic heterocycles. The van der Waals surface area contributed by atoms with Gasteiger partial charge in [0.05, 0.1) is 25.3 Å². The van der Waals surface area contributed by atoms with Crippen molar-refractivity contribution < 1.29 is 52.6 Å². The zero-order valence-corrected chi connectivity index (χ0v) is 37.8. The van der Waals surface area contributed by atoms with Gasteiger partial charge in [0.2, 0.25) is 6.79 Å². The van der Waals surface area contributed by atoms with Crippen molar-refractivity contribution >= 4 is 29.6 Å². The number of carbonyl (C=O) groups excluding carboxylic acids is 3. The van der Waals surface area contributed by atoms with E-state index in [0.717, 1.165) is 16.7 Å². The van der Waals surface area contributed by atoms with Crippen LogP contribution < -0.4 is 14.8 Å². The molecule has 3 saturated heterocycles. The van der Waals surface area contributed by atoms with Crippen LogP contribution in [0.2, 0.25) is 0 Å². The maximum atomic E-state index is 14.6. The number of benzene rings is 3. The van der Waals surface area contributed by atoms with E-state index in [1.807, 2.05) is 49.2 Å². The minimum absolute atomic E-state index is 0.0549. The van der Waals surface area contributed by atoms with Crippen LogP contribution in [-0.4, -0.2) is 128 Å². The van der Waals surface area contributed by atoms with Crippen molar-refractivity contribution in [3.63, 3.8) is 0 Å². The van der Waals surface area contributed by atoms with Crippen molar-refractivity contribution in [2.75, 3.05) is 59.6 Å². The van der Waals surface area contributed by atoms with Crippen molar-refractivity contribution in [3.05, 3.63) is 118 Å². The number of Topliss-reactive ketones (excluding diaryl/α,β-unsaturated/α-hetero) is 1. The number of fused-ring (bicyclic) bond motifs is 11. The number of ether oxygens (including phenoxy) is 7. The number of rotatable bonds is 14. The van der Waals surface area contributed by atoms with E-state index in [1.165, 1.54) is 47.2 Å². The molecular formula is C49H52N4O11S. The molecular weight excluding hydrogens is 853 g/mol. The Morgan fingerprint density at radius 2 is 1.77 bits per heavy atom. The molecule has 0 unspecified atom stereocenters. The van der Waals surface area contributed by atoms with Gasteiger partial charge in [0.25, 0.3) is 0 Å². The second kappa shape index (κ2) is 17.9. The Morgan fingerprint density at radius 1 is 1.06 bits per heavy atom. The first-order chi connectivity index (χ1) is 31.5. The molecule has 4 heterocycles. The molecule has 2 aliphatic carbocycles. The van der Waals surface area contributed by atoms with Crippen molar-refractivity contribution in [1.29, 1.82) is 5.26 Å². The monoisotopic (exact) mass is 904 g/mol. The number of nitriles is 1. The van der Waals surface area contributed by atoms with Crippen molar-refractivity contribution in [2.24, 2.45) is 0 Å². The van der Waals surface area contributed by atoms with Gasteiger partial charge in [0, 0.05) is 59.7 Å². The molecule has 3 fully saturated rings. The Bertz CT molecular complexity index is 2510. The predicted molar refractivity (Wildman–Crippen MR) is 239 cm³/mol. The molecule has 3 aromatic rings. The van der Waals surface area contributed by atoms with Crippen molar-refractivity contribution in [2.45, 2.75) is 74.5 Å². The Balaban J connectivity index is 1.07. The van der Waals surface area contributed by atoms with E-state index >= 15 is 0 Å². The summed E-state index contributed by atoms with van der Waals surface area (Å²) in [5.41, 5.74) is 5.51. The molecule has 2 bridgehead atoms. The topological polar surface area (TPSA) is 178 Å². The highest BCUT2D eigenvalue weighted by molar-refractivity contribution is 7.99. The highest BCUT2D eigenvalue weighted by atomic mass is 32.2. The van der Waals surface area contributed by atoms with Crippen LogP contribution in [-0.2, 0) is 39.7 Å². The van der Waals surface area contributed by atoms with E-state index < -0.39 is 60.3 Å². The summed E-state index contributed by atoms with van der Waals surface area (Å²) in [5.74, 6) is 0.825. The number of hydrogen-bond acceptors (Lipinski definition) is 15. The van der Waals surface area contributed by atoms with Gasteiger partial charge in [0.15, 0.2) is 41.2 Å².